The van der Waals surface area contributed by atoms with E-state index in [0.29, 0.717) is 13.0 Å². The van der Waals surface area contributed by atoms with Crippen LogP contribution in [0, 0.1) is 0 Å². The summed E-state index contributed by atoms with van der Waals surface area (Å²) < 4.78 is 10.7. The molecular weight excluding hydrogens is 388 g/mol. The minimum Gasteiger partial charge on any atom is -0.457 e. The number of ether oxygens (including phenoxy) is 2. The molecule has 4 heteroatoms. The lowest BCUT2D eigenvalue weighted by Crippen LogP contribution is -2.27. The molecular formula is C27H46O4. The van der Waals surface area contributed by atoms with Gasteiger partial charge >= 0.3 is 5.97 Å². The molecule has 0 heterocycles. The molecule has 0 bridgehead atoms. The molecule has 0 aromatic heterocycles. The molecule has 0 aromatic carbocycles. The monoisotopic (exact) mass is 434 g/mol. The van der Waals surface area contributed by atoms with Crippen molar-refractivity contribution in [2.45, 2.75) is 97.0 Å². The Hall–Kier alpha value is -1.65. The topological polar surface area (TPSA) is 55.8 Å². The Labute approximate surface area is 191 Å². The number of rotatable bonds is 21. The van der Waals surface area contributed by atoms with Crippen LogP contribution in [0.15, 0.2) is 48.6 Å². The average Bonchev–Trinajstić information content (AvgIpc) is 2.77. The van der Waals surface area contributed by atoms with Crippen LogP contribution in [-0.2, 0) is 14.3 Å². The molecule has 0 amide bonds. The number of aliphatic hydroxyl groups excluding tert-OH is 1. The Balaban J connectivity index is 3.44. The highest BCUT2D eigenvalue weighted by Gasteiger charge is 2.12. The third-order valence-corrected chi connectivity index (χ3v) is 4.64. The molecule has 4 nitrogen and oxygen atoms in total. The molecule has 0 aliphatic heterocycles. The molecule has 31 heavy (non-hydrogen) atoms. The highest BCUT2D eigenvalue weighted by Crippen LogP contribution is 2.07. The van der Waals surface area contributed by atoms with Crippen molar-refractivity contribution in [3.63, 3.8) is 0 Å². The summed E-state index contributed by atoms with van der Waals surface area (Å²) in [7, 11) is 0. The zero-order valence-corrected chi connectivity index (χ0v) is 20.0. The Morgan fingerprint density at radius 2 is 1.39 bits per heavy atom. The fourth-order valence-electron chi connectivity index (χ4n) is 2.88. The average molecular weight is 435 g/mol. The lowest BCUT2D eigenvalue weighted by atomic mass is 10.1. The zero-order chi connectivity index (χ0) is 22.8. The van der Waals surface area contributed by atoms with E-state index in [0.717, 1.165) is 51.4 Å². The number of aliphatic hydroxyl groups is 1. The summed E-state index contributed by atoms with van der Waals surface area (Å²) in [5.41, 5.74) is 0. The van der Waals surface area contributed by atoms with Gasteiger partial charge in [-0.05, 0) is 51.4 Å². The molecule has 0 radical (unpaired) electrons. The van der Waals surface area contributed by atoms with Gasteiger partial charge in [-0.25, -0.2) is 0 Å². The van der Waals surface area contributed by atoms with Crippen LogP contribution in [0.25, 0.3) is 0 Å². The van der Waals surface area contributed by atoms with Gasteiger partial charge in [0.05, 0.1) is 13.2 Å². The molecule has 0 aromatic rings. The Kier molecular flexibility index (Phi) is 23.3. The molecule has 1 atom stereocenters. The molecule has 1 N–H and O–H groups in total. The summed E-state index contributed by atoms with van der Waals surface area (Å²) in [6, 6.07) is 0. The van der Waals surface area contributed by atoms with Crippen molar-refractivity contribution in [2.24, 2.45) is 0 Å². The molecule has 0 aliphatic carbocycles. The number of carbonyl (C=O) groups excluding carboxylic acids is 1. The van der Waals surface area contributed by atoms with E-state index < -0.39 is 6.10 Å². The fourth-order valence-corrected chi connectivity index (χ4v) is 2.88. The summed E-state index contributed by atoms with van der Waals surface area (Å²) in [5, 5.41) is 9.23. The third-order valence-electron chi connectivity index (χ3n) is 4.64. The summed E-state index contributed by atoms with van der Waals surface area (Å²) >= 11 is 0. The zero-order valence-electron chi connectivity index (χ0n) is 20.0. The van der Waals surface area contributed by atoms with E-state index >= 15 is 0 Å². The first-order valence-corrected chi connectivity index (χ1v) is 12.2. The second-order valence-corrected chi connectivity index (χ2v) is 7.68. The normalized spacial score (nSPS) is 13.3. The first kappa shape index (κ1) is 29.4. The minimum atomic E-state index is -0.537. The second kappa shape index (κ2) is 24.6. The van der Waals surface area contributed by atoms with E-state index in [1.807, 2.05) is 6.92 Å². The number of carbonyl (C=O) groups is 1. The van der Waals surface area contributed by atoms with E-state index in [1.165, 1.54) is 19.3 Å². The van der Waals surface area contributed by atoms with Gasteiger partial charge in [0.1, 0.15) is 6.10 Å². The van der Waals surface area contributed by atoms with E-state index in [9.17, 15) is 9.90 Å². The van der Waals surface area contributed by atoms with Gasteiger partial charge in [0, 0.05) is 13.0 Å². The van der Waals surface area contributed by atoms with Crippen LogP contribution in [0.1, 0.15) is 90.9 Å². The largest absolute Gasteiger partial charge is 0.457 e. The van der Waals surface area contributed by atoms with Crippen molar-refractivity contribution in [3.8, 4) is 0 Å². The van der Waals surface area contributed by atoms with Crippen LogP contribution in [-0.4, -0.2) is 37.0 Å². The molecule has 0 rings (SSSR count). The summed E-state index contributed by atoms with van der Waals surface area (Å²) in [5.74, 6) is -0.265. The van der Waals surface area contributed by atoms with Crippen LogP contribution in [0.3, 0.4) is 0 Å². The first-order chi connectivity index (χ1) is 15.2. The van der Waals surface area contributed by atoms with Gasteiger partial charge in [-0.1, -0.05) is 81.7 Å². The molecule has 0 saturated carbocycles. The maximum Gasteiger partial charge on any atom is 0.306 e. The van der Waals surface area contributed by atoms with E-state index in [-0.39, 0.29) is 19.2 Å². The number of esters is 1. The fraction of sp³-hybridized carbons (Fsp3) is 0.667. The molecule has 0 aliphatic rings. The van der Waals surface area contributed by atoms with Gasteiger partial charge in [0.15, 0.2) is 0 Å². The summed E-state index contributed by atoms with van der Waals surface area (Å²) in [6.45, 7) is 4.82. The van der Waals surface area contributed by atoms with Crippen molar-refractivity contribution in [1.82, 2.24) is 0 Å². The van der Waals surface area contributed by atoms with Crippen molar-refractivity contribution in [3.05, 3.63) is 48.6 Å². The lowest BCUT2D eigenvalue weighted by molar-refractivity contribution is -0.154. The van der Waals surface area contributed by atoms with E-state index in [1.54, 1.807) is 0 Å². The van der Waals surface area contributed by atoms with E-state index in [2.05, 4.69) is 55.5 Å². The number of allylic oxidation sites excluding steroid dienone is 8. The molecule has 1 unspecified atom stereocenters. The van der Waals surface area contributed by atoms with Gasteiger partial charge in [0.25, 0.3) is 0 Å². The van der Waals surface area contributed by atoms with Crippen molar-refractivity contribution < 1.29 is 19.4 Å². The second-order valence-electron chi connectivity index (χ2n) is 7.68. The van der Waals surface area contributed by atoms with Crippen LogP contribution in [0.4, 0.5) is 0 Å². The third kappa shape index (κ3) is 22.9. The van der Waals surface area contributed by atoms with Gasteiger partial charge in [0.2, 0.25) is 0 Å². The Morgan fingerprint density at radius 1 is 0.806 bits per heavy atom. The number of unbranched alkanes of at least 4 members (excludes halogenated alkanes) is 5. The molecule has 178 valence electrons. The van der Waals surface area contributed by atoms with E-state index in [4.69, 9.17) is 9.47 Å². The minimum absolute atomic E-state index is 0.188. The van der Waals surface area contributed by atoms with Gasteiger partial charge < -0.3 is 14.6 Å². The smallest absolute Gasteiger partial charge is 0.306 e. The summed E-state index contributed by atoms with van der Waals surface area (Å²) in [6.07, 6.45) is 29.6. The highest BCUT2D eigenvalue weighted by atomic mass is 16.6. The van der Waals surface area contributed by atoms with Crippen LogP contribution in [0.5, 0.6) is 0 Å². The molecule has 0 saturated heterocycles. The van der Waals surface area contributed by atoms with Gasteiger partial charge in [-0.15, -0.1) is 0 Å². The quantitative estimate of drug-likeness (QED) is 0.122. The van der Waals surface area contributed by atoms with Crippen molar-refractivity contribution >= 4 is 5.97 Å². The standard InChI is InChI=1S/C27H46O4/c1-3-5-6-7-8-9-10-11-12-13-14-15-16-17-18-19-20-21-23-30-25-26(24-28)31-27(29)22-4-2/h5-6,8-9,11-12,14-15,26,28H,3-4,7,10,13,16-25H2,1-2H3/b6-5-,9-8-,12-11-,15-14-. The number of hydrogen-bond donors (Lipinski definition) is 1. The van der Waals surface area contributed by atoms with Crippen LogP contribution in [0.2, 0.25) is 0 Å². The van der Waals surface area contributed by atoms with Crippen molar-refractivity contribution in [1.29, 1.82) is 0 Å². The van der Waals surface area contributed by atoms with Crippen molar-refractivity contribution in [2.75, 3.05) is 19.8 Å². The summed E-state index contributed by atoms with van der Waals surface area (Å²) in [4.78, 5) is 11.4. The maximum atomic E-state index is 11.4. The first-order valence-electron chi connectivity index (χ1n) is 12.2. The Morgan fingerprint density at radius 3 is 2.00 bits per heavy atom. The highest BCUT2D eigenvalue weighted by molar-refractivity contribution is 5.69. The predicted molar refractivity (Wildman–Crippen MR) is 131 cm³/mol. The molecule has 0 fully saturated rings. The lowest BCUT2D eigenvalue weighted by Gasteiger charge is -2.15. The predicted octanol–water partition coefficient (Wildman–Crippen LogP) is 6.85. The van der Waals surface area contributed by atoms with Gasteiger partial charge in [-0.3, -0.25) is 4.79 Å². The Bertz CT molecular complexity index is 505. The number of hydrogen-bond acceptors (Lipinski definition) is 4. The van der Waals surface area contributed by atoms with Crippen LogP contribution >= 0.6 is 0 Å². The van der Waals surface area contributed by atoms with Crippen LogP contribution < -0.4 is 0 Å². The SMILES string of the molecule is CC/C=C\C/C=C\C/C=C\C/C=C\CCCCCCCOCC(CO)OC(=O)CCC. The maximum absolute atomic E-state index is 11.4. The van der Waals surface area contributed by atoms with Gasteiger partial charge in [-0.2, -0.15) is 0 Å². The molecule has 0 spiro atoms.